The van der Waals surface area contributed by atoms with E-state index in [1.807, 2.05) is 0 Å². The molecule has 0 fully saturated rings. The van der Waals surface area contributed by atoms with Crippen LogP contribution in [0.2, 0.25) is 0 Å². The molecule has 0 bridgehead atoms. The zero-order valence-corrected chi connectivity index (χ0v) is 12.6. The highest BCUT2D eigenvalue weighted by Gasteiger charge is 2.38. The maximum atomic E-state index is 12.3. The third-order valence-electron chi connectivity index (χ3n) is 2.74. The predicted molar refractivity (Wildman–Crippen MR) is 78.8 cm³/mol. The first-order valence-electron chi connectivity index (χ1n) is 6.38. The smallest absolute Gasteiger partial charge is 0.314 e. The van der Waals surface area contributed by atoms with Gasteiger partial charge in [-0.15, -0.1) is 0 Å². The van der Waals surface area contributed by atoms with E-state index in [1.54, 1.807) is 36.4 Å². The van der Waals surface area contributed by atoms with Gasteiger partial charge in [0.15, 0.2) is 0 Å². The van der Waals surface area contributed by atoms with Crippen molar-refractivity contribution in [2.24, 2.45) is 5.73 Å². The summed E-state index contributed by atoms with van der Waals surface area (Å²) in [6, 6.07) is 15.4. The van der Waals surface area contributed by atoms with Gasteiger partial charge in [-0.3, -0.25) is 10.5 Å². The lowest BCUT2D eigenvalue weighted by Crippen LogP contribution is -2.45. The molecule has 0 aliphatic rings. The monoisotopic (exact) mass is 321 g/mol. The normalized spacial score (nSPS) is 14.1. The lowest BCUT2D eigenvalue weighted by molar-refractivity contribution is -0.197. The summed E-state index contributed by atoms with van der Waals surface area (Å²) in [5.74, 6) is -3.00. The molecule has 0 radical (unpaired) electrons. The van der Waals surface area contributed by atoms with Crippen molar-refractivity contribution < 1.29 is 22.1 Å². The molecule has 2 rings (SSSR count). The molecule has 0 aliphatic carbocycles. The minimum Gasteiger partial charge on any atom is -0.414 e. The Morgan fingerprint density at radius 3 is 2.00 bits per heavy atom. The second kappa shape index (κ2) is 6.27. The number of hydrogen-bond donors (Lipinski definition) is 1. The first-order valence-corrected chi connectivity index (χ1v) is 7.79. The number of hydrogen-bond acceptors (Lipinski definition) is 6. The Labute approximate surface area is 128 Å². The van der Waals surface area contributed by atoms with Crippen LogP contribution < -0.4 is 5.73 Å². The van der Waals surface area contributed by atoms with Gasteiger partial charge in [-0.05, 0) is 12.1 Å². The molecule has 116 valence electrons. The van der Waals surface area contributed by atoms with Gasteiger partial charge in [-0.25, -0.2) is 4.18 Å². The summed E-state index contributed by atoms with van der Waals surface area (Å²) in [5, 5.41) is 0. The molecule has 2 aromatic carbocycles. The van der Waals surface area contributed by atoms with Crippen LogP contribution in [-0.4, -0.2) is 14.4 Å². The molecule has 0 saturated carbocycles. The van der Waals surface area contributed by atoms with E-state index in [-0.39, 0.29) is 10.5 Å². The van der Waals surface area contributed by atoms with Crippen LogP contribution in [0.25, 0.3) is 0 Å². The average molecular weight is 321 g/mol. The Hall–Kier alpha value is -2.22. The molecule has 22 heavy (non-hydrogen) atoms. The fourth-order valence-corrected chi connectivity index (χ4v) is 2.85. The maximum Gasteiger partial charge on any atom is 0.314 e. The van der Waals surface area contributed by atoms with Crippen molar-refractivity contribution in [1.29, 1.82) is 0 Å². The van der Waals surface area contributed by atoms with Crippen LogP contribution in [0.3, 0.4) is 0 Å². The minimum absolute atomic E-state index is 0.0899. The van der Waals surface area contributed by atoms with E-state index in [2.05, 4.69) is 0 Å². The van der Waals surface area contributed by atoms with Gasteiger partial charge in [-0.1, -0.05) is 48.5 Å². The number of esters is 1. The van der Waals surface area contributed by atoms with Gasteiger partial charge in [0.25, 0.3) is 0 Å². The van der Waals surface area contributed by atoms with Crippen molar-refractivity contribution in [2.75, 3.05) is 0 Å². The molecule has 0 spiro atoms. The third-order valence-corrected chi connectivity index (χ3v) is 4.05. The van der Waals surface area contributed by atoms with Gasteiger partial charge in [0.1, 0.15) is 0 Å². The van der Waals surface area contributed by atoms with Crippen molar-refractivity contribution >= 4 is 16.1 Å². The van der Waals surface area contributed by atoms with E-state index in [9.17, 15) is 13.2 Å². The van der Waals surface area contributed by atoms with E-state index in [0.717, 1.165) is 6.92 Å². The number of carbonyl (C=O) groups excluding carboxylic acids is 1. The number of rotatable bonds is 5. The van der Waals surface area contributed by atoms with Gasteiger partial charge in [0.2, 0.25) is 0 Å². The minimum atomic E-state index is -4.21. The Morgan fingerprint density at radius 1 is 1.00 bits per heavy atom. The maximum absolute atomic E-state index is 12.3. The number of benzene rings is 2. The second-order valence-electron chi connectivity index (χ2n) is 4.48. The highest BCUT2D eigenvalue weighted by Crippen LogP contribution is 2.27. The Balaban J connectivity index is 2.42. The van der Waals surface area contributed by atoms with E-state index in [1.165, 1.54) is 24.3 Å². The molecule has 1 atom stereocenters. The molecule has 0 saturated heterocycles. The molecule has 0 amide bonds. The molecular weight excluding hydrogens is 306 g/mol. The van der Waals surface area contributed by atoms with Crippen molar-refractivity contribution in [3.63, 3.8) is 0 Å². The summed E-state index contributed by atoms with van der Waals surface area (Å²) in [4.78, 5) is 11.2. The molecule has 7 heteroatoms. The molecule has 2 N–H and O–H groups in total. The first-order chi connectivity index (χ1) is 10.3. The molecule has 1 unspecified atom stereocenters. The zero-order valence-electron chi connectivity index (χ0n) is 11.8. The Bertz CT molecular complexity index is 746. The fourth-order valence-electron chi connectivity index (χ4n) is 1.81. The predicted octanol–water partition coefficient (Wildman–Crippen LogP) is 1.72. The van der Waals surface area contributed by atoms with Gasteiger partial charge >= 0.3 is 22.0 Å². The van der Waals surface area contributed by atoms with Crippen molar-refractivity contribution in [1.82, 2.24) is 0 Å². The second-order valence-corrected chi connectivity index (χ2v) is 6.02. The molecule has 0 aromatic heterocycles. The Kier molecular flexibility index (Phi) is 4.60. The van der Waals surface area contributed by atoms with Crippen LogP contribution in [0.4, 0.5) is 0 Å². The SMILES string of the molecule is CC(=O)OC(N)(OS(=O)(=O)c1ccccc1)c1ccccc1. The first kappa shape index (κ1) is 16.2. The highest BCUT2D eigenvalue weighted by atomic mass is 32.2. The molecule has 0 aliphatic heterocycles. The topological polar surface area (TPSA) is 95.7 Å². The summed E-state index contributed by atoms with van der Waals surface area (Å²) in [5.41, 5.74) is 6.10. The summed E-state index contributed by atoms with van der Waals surface area (Å²) < 4.78 is 34.6. The van der Waals surface area contributed by atoms with Gasteiger partial charge in [0.05, 0.1) is 4.90 Å². The zero-order chi connectivity index (χ0) is 16.2. The lowest BCUT2D eigenvalue weighted by Gasteiger charge is -2.27. The van der Waals surface area contributed by atoms with E-state index < -0.39 is 22.0 Å². The summed E-state index contributed by atoms with van der Waals surface area (Å²) >= 11 is 0. The van der Waals surface area contributed by atoms with Crippen LogP contribution in [0.5, 0.6) is 0 Å². The van der Waals surface area contributed by atoms with E-state index in [0.29, 0.717) is 0 Å². The number of carbonyl (C=O) groups is 1. The standard InChI is InChI=1S/C15H15NO5S/c1-12(17)20-15(16,13-8-4-2-5-9-13)21-22(18,19)14-10-6-3-7-11-14/h2-11H,16H2,1H3. The van der Waals surface area contributed by atoms with E-state index in [4.69, 9.17) is 14.7 Å². The highest BCUT2D eigenvalue weighted by molar-refractivity contribution is 7.86. The van der Waals surface area contributed by atoms with Gasteiger partial charge in [-0.2, -0.15) is 8.42 Å². The molecule has 6 nitrogen and oxygen atoms in total. The number of ether oxygens (including phenoxy) is 1. The third kappa shape index (κ3) is 3.70. The quantitative estimate of drug-likeness (QED) is 0.512. The molecular formula is C15H15NO5S. The van der Waals surface area contributed by atoms with E-state index >= 15 is 0 Å². The van der Waals surface area contributed by atoms with Gasteiger partial charge < -0.3 is 4.74 Å². The van der Waals surface area contributed by atoms with Crippen molar-refractivity contribution in [3.8, 4) is 0 Å². The molecule has 0 heterocycles. The van der Waals surface area contributed by atoms with Crippen LogP contribution in [0.15, 0.2) is 65.6 Å². The summed E-state index contributed by atoms with van der Waals surface area (Å²) in [6.45, 7) is 1.11. The summed E-state index contributed by atoms with van der Waals surface area (Å²) in [7, 11) is -4.21. The van der Waals surface area contributed by atoms with Crippen LogP contribution in [-0.2, 0) is 29.7 Å². The fraction of sp³-hybridized carbons (Fsp3) is 0.133. The van der Waals surface area contributed by atoms with Crippen LogP contribution in [0, 0.1) is 0 Å². The Morgan fingerprint density at radius 2 is 1.50 bits per heavy atom. The van der Waals surface area contributed by atoms with Crippen molar-refractivity contribution in [3.05, 3.63) is 66.2 Å². The van der Waals surface area contributed by atoms with Gasteiger partial charge in [0, 0.05) is 12.5 Å². The lowest BCUT2D eigenvalue weighted by atomic mass is 10.2. The van der Waals surface area contributed by atoms with Crippen LogP contribution in [0.1, 0.15) is 12.5 Å². The van der Waals surface area contributed by atoms with Crippen LogP contribution >= 0.6 is 0 Å². The summed E-state index contributed by atoms with van der Waals surface area (Å²) in [6.07, 6.45) is 0. The molecule has 2 aromatic rings. The number of nitrogens with two attached hydrogens (primary N) is 1. The average Bonchev–Trinajstić information content (AvgIpc) is 2.48. The van der Waals surface area contributed by atoms with Crippen molar-refractivity contribution in [2.45, 2.75) is 17.7 Å². The largest absolute Gasteiger partial charge is 0.414 e.